The number of aromatic nitrogens is 2. The highest BCUT2D eigenvalue weighted by molar-refractivity contribution is 7.17. The first kappa shape index (κ1) is 18.1. The van der Waals surface area contributed by atoms with Crippen LogP contribution in [0.25, 0.3) is 10.6 Å². The van der Waals surface area contributed by atoms with Crippen molar-refractivity contribution in [2.45, 2.75) is 34.2 Å². The van der Waals surface area contributed by atoms with Gasteiger partial charge in [-0.15, -0.1) is 11.3 Å². The molecule has 1 amide bonds. The van der Waals surface area contributed by atoms with E-state index >= 15 is 0 Å². The Morgan fingerprint density at radius 2 is 1.88 bits per heavy atom. The quantitative estimate of drug-likeness (QED) is 0.707. The van der Waals surface area contributed by atoms with Gasteiger partial charge in [0.1, 0.15) is 21.4 Å². The van der Waals surface area contributed by atoms with Crippen LogP contribution in [0.4, 0.5) is 0 Å². The molecule has 1 N–H and O–H groups in total. The number of hydrogen-bond donors (Lipinski definition) is 1. The molecule has 0 aliphatic heterocycles. The molecule has 0 radical (unpaired) electrons. The van der Waals surface area contributed by atoms with Gasteiger partial charge in [-0.25, -0.2) is 9.97 Å². The van der Waals surface area contributed by atoms with Crippen molar-refractivity contribution in [3.05, 3.63) is 52.2 Å². The Balaban J connectivity index is 1.71. The predicted octanol–water partition coefficient (Wildman–Crippen LogP) is 4.05. The number of thiazole rings is 1. The molecular formula is C19H21N3O3S. The molecule has 3 aromatic rings. The maximum Gasteiger partial charge on any atom is 0.263 e. The van der Waals surface area contributed by atoms with Gasteiger partial charge in [0.2, 0.25) is 5.89 Å². The molecule has 0 spiro atoms. The second-order valence-electron chi connectivity index (χ2n) is 5.82. The minimum atomic E-state index is -0.175. The summed E-state index contributed by atoms with van der Waals surface area (Å²) in [4.78, 5) is 21.9. The Bertz CT molecular complexity index is 893. The van der Waals surface area contributed by atoms with Crippen LogP contribution in [-0.2, 0) is 6.54 Å². The maximum atomic E-state index is 12.5. The van der Waals surface area contributed by atoms with Crippen molar-refractivity contribution in [1.82, 2.24) is 15.3 Å². The number of ether oxygens (including phenoxy) is 1. The fourth-order valence-electron chi connectivity index (χ4n) is 2.44. The Morgan fingerprint density at radius 3 is 2.50 bits per heavy atom. The average molecular weight is 371 g/mol. The smallest absolute Gasteiger partial charge is 0.263 e. The highest BCUT2D eigenvalue weighted by Gasteiger charge is 2.17. The lowest BCUT2D eigenvalue weighted by Crippen LogP contribution is -2.22. The van der Waals surface area contributed by atoms with Gasteiger partial charge in [-0.05, 0) is 52.0 Å². The molecule has 0 unspecified atom stereocenters. The highest BCUT2D eigenvalue weighted by atomic mass is 32.1. The molecule has 0 aliphatic carbocycles. The third-order valence-corrected chi connectivity index (χ3v) is 5.09. The number of aryl methyl sites for hydroxylation is 3. The molecule has 2 heterocycles. The van der Waals surface area contributed by atoms with E-state index in [2.05, 4.69) is 15.3 Å². The van der Waals surface area contributed by atoms with Gasteiger partial charge in [0.25, 0.3) is 5.91 Å². The molecule has 0 fully saturated rings. The summed E-state index contributed by atoms with van der Waals surface area (Å²) in [6, 6.07) is 7.71. The molecule has 2 aromatic heterocycles. The summed E-state index contributed by atoms with van der Waals surface area (Å²) >= 11 is 1.37. The molecule has 0 bridgehead atoms. The summed E-state index contributed by atoms with van der Waals surface area (Å²) in [5, 5.41) is 3.65. The maximum absolute atomic E-state index is 12.5. The SMILES string of the molecule is CCOc1ccc(-c2nc(C)c(C(=O)NCc3nc(C)c(C)o3)s2)cc1. The molecule has 0 aliphatic rings. The van der Waals surface area contributed by atoms with Crippen molar-refractivity contribution in [2.75, 3.05) is 6.61 Å². The molecule has 1 aromatic carbocycles. The summed E-state index contributed by atoms with van der Waals surface area (Å²) in [5.41, 5.74) is 2.50. The molecule has 26 heavy (non-hydrogen) atoms. The predicted molar refractivity (Wildman–Crippen MR) is 101 cm³/mol. The zero-order valence-corrected chi connectivity index (χ0v) is 16.1. The Labute approximate surface area is 156 Å². The van der Waals surface area contributed by atoms with E-state index in [1.807, 2.05) is 52.0 Å². The molecule has 7 heteroatoms. The summed E-state index contributed by atoms with van der Waals surface area (Å²) in [6.07, 6.45) is 0. The molecule has 0 saturated heterocycles. The summed E-state index contributed by atoms with van der Waals surface area (Å²) < 4.78 is 10.9. The van der Waals surface area contributed by atoms with Crippen LogP contribution in [0.5, 0.6) is 5.75 Å². The summed E-state index contributed by atoms with van der Waals surface area (Å²) in [6.45, 7) is 8.39. The number of rotatable bonds is 6. The highest BCUT2D eigenvalue weighted by Crippen LogP contribution is 2.29. The van der Waals surface area contributed by atoms with Crippen LogP contribution < -0.4 is 10.1 Å². The van der Waals surface area contributed by atoms with E-state index in [9.17, 15) is 4.79 Å². The van der Waals surface area contributed by atoms with Crippen LogP contribution in [0, 0.1) is 20.8 Å². The largest absolute Gasteiger partial charge is 0.494 e. The van der Waals surface area contributed by atoms with E-state index < -0.39 is 0 Å². The number of amides is 1. The lowest BCUT2D eigenvalue weighted by molar-refractivity contribution is 0.0950. The summed E-state index contributed by atoms with van der Waals surface area (Å²) in [5.74, 6) is 1.91. The minimum absolute atomic E-state index is 0.175. The van der Waals surface area contributed by atoms with Crippen molar-refractivity contribution in [3.63, 3.8) is 0 Å². The molecule has 3 rings (SSSR count). The monoisotopic (exact) mass is 371 g/mol. The van der Waals surface area contributed by atoms with E-state index in [0.29, 0.717) is 23.1 Å². The van der Waals surface area contributed by atoms with E-state index in [4.69, 9.17) is 9.15 Å². The second kappa shape index (κ2) is 7.70. The van der Waals surface area contributed by atoms with Gasteiger partial charge in [-0.1, -0.05) is 0 Å². The lowest BCUT2D eigenvalue weighted by atomic mass is 10.2. The van der Waals surface area contributed by atoms with Gasteiger partial charge >= 0.3 is 0 Å². The normalized spacial score (nSPS) is 10.8. The van der Waals surface area contributed by atoms with Crippen molar-refractivity contribution in [3.8, 4) is 16.3 Å². The lowest BCUT2D eigenvalue weighted by Gasteiger charge is -2.03. The van der Waals surface area contributed by atoms with Gasteiger partial charge in [-0.3, -0.25) is 4.79 Å². The van der Waals surface area contributed by atoms with E-state index in [-0.39, 0.29) is 12.5 Å². The fourth-order valence-corrected chi connectivity index (χ4v) is 3.43. The third kappa shape index (κ3) is 3.94. The van der Waals surface area contributed by atoms with Crippen LogP contribution >= 0.6 is 11.3 Å². The number of hydrogen-bond acceptors (Lipinski definition) is 6. The first-order valence-corrected chi connectivity index (χ1v) is 9.21. The van der Waals surface area contributed by atoms with Crippen LogP contribution in [0.15, 0.2) is 28.7 Å². The first-order chi connectivity index (χ1) is 12.5. The Kier molecular flexibility index (Phi) is 5.37. The third-order valence-electron chi connectivity index (χ3n) is 3.89. The van der Waals surface area contributed by atoms with Crippen LogP contribution in [0.3, 0.4) is 0 Å². The number of carbonyl (C=O) groups is 1. The Hall–Kier alpha value is -2.67. The zero-order chi connectivity index (χ0) is 18.7. The van der Waals surface area contributed by atoms with Crippen molar-refractivity contribution in [1.29, 1.82) is 0 Å². The van der Waals surface area contributed by atoms with Gasteiger partial charge in [-0.2, -0.15) is 0 Å². The van der Waals surface area contributed by atoms with Crippen LogP contribution in [0.2, 0.25) is 0 Å². The zero-order valence-electron chi connectivity index (χ0n) is 15.3. The van der Waals surface area contributed by atoms with Crippen molar-refractivity contribution in [2.24, 2.45) is 0 Å². The Morgan fingerprint density at radius 1 is 1.15 bits per heavy atom. The number of oxazole rings is 1. The van der Waals surface area contributed by atoms with E-state index in [1.54, 1.807) is 0 Å². The molecule has 136 valence electrons. The van der Waals surface area contributed by atoms with Crippen LogP contribution in [0.1, 0.15) is 39.6 Å². The van der Waals surface area contributed by atoms with Gasteiger partial charge in [0.15, 0.2) is 0 Å². The number of nitrogens with zero attached hydrogens (tertiary/aromatic N) is 2. The standard InChI is InChI=1S/C19H21N3O3S/c1-5-24-15-8-6-14(7-9-15)19-22-12(3)17(26-19)18(23)20-10-16-21-11(2)13(4)25-16/h6-9H,5,10H2,1-4H3,(H,20,23). The number of benzene rings is 1. The van der Waals surface area contributed by atoms with Crippen LogP contribution in [-0.4, -0.2) is 22.5 Å². The average Bonchev–Trinajstić information content (AvgIpc) is 3.16. The molecule has 0 atom stereocenters. The number of carbonyl (C=O) groups excluding carboxylic acids is 1. The fraction of sp³-hybridized carbons (Fsp3) is 0.316. The minimum Gasteiger partial charge on any atom is -0.494 e. The molecular weight excluding hydrogens is 350 g/mol. The topological polar surface area (TPSA) is 77.2 Å². The molecule has 0 saturated carbocycles. The second-order valence-corrected chi connectivity index (χ2v) is 6.82. The first-order valence-electron chi connectivity index (χ1n) is 8.39. The van der Waals surface area contributed by atoms with E-state index in [1.165, 1.54) is 11.3 Å². The number of nitrogens with one attached hydrogen (secondary N) is 1. The van der Waals surface area contributed by atoms with Gasteiger partial charge in [0.05, 0.1) is 24.5 Å². The van der Waals surface area contributed by atoms with Crippen molar-refractivity contribution >= 4 is 17.2 Å². The molecule has 6 nitrogen and oxygen atoms in total. The van der Waals surface area contributed by atoms with Gasteiger partial charge < -0.3 is 14.5 Å². The summed E-state index contributed by atoms with van der Waals surface area (Å²) in [7, 11) is 0. The van der Waals surface area contributed by atoms with E-state index in [0.717, 1.165) is 27.8 Å². The van der Waals surface area contributed by atoms with Gasteiger partial charge in [0, 0.05) is 5.56 Å². The van der Waals surface area contributed by atoms with Crippen molar-refractivity contribution < 1.29 is 13.9 Å².